The third-order valence-corrected chi connectivity index (χ3v) is 2.28. The molecule has 1 aromatic carbocycles. The van der Waals surface area contributed by atoms with E-state index in [1.165, 1.54) is 3.57 Å². The minimum absolute atomic E-state index is 0.370. The highest BCUT2D eigenvalue weighted by Gasteiger charge is 2.00. The summed E-state index contributed by atoms with van der Waals surface area (Å²) in [5, 5.41) is 0. The molecule has 0 spiro atoms. The van der Waals surface area contributed by atoms with Crippen molar-refractivity contribution in [1.82, 2.24) is 0 Å². The Kier molecular flexibility index (Phi) is 3.68. The summed E-state index contributed by atoms with van der Waals surface area (Å²) in [4.78, 5) is 10.2. The van der Waals surface area contributed by atoms with Gasteiger partial charge in [-0.05, 0) is 46.7 Å². The van der Waals surface area contributed by atoms with Crippen molar-refractivity contribution in [2.45, 2.75) is 12.5 Å². The van der Waals surface area contributed by atoms with Crippen molar-refractivity contribution in [2.24, 2.45) is 5.73 Å². The number of nitrogens with two attached hydrogens (primary N) is 1. The van der Waals surface area contributed by atoms with Crippen molar-refractivity contribution >= 4 is 28.9 Å². The normalized spacial score (nSPS) is 12.5. The number of aldehydes is 1. The molecule has 3 heteroatoms. The fraction of sp³-hybridized carbons (Fsp3) is 0.222. The van der Waals surface area contributed by atoms with Crippen molar-refractivity contribution in [3.63, 3.8) is 0 Å². The summed E-state index contributed by atoms with van der Waals surface area (Å²) < 4.78 is 1.19. The van der Waals surface area contributed by atoms with Crippen LogP contribution >= 0.6 is 22.6 Å². The minimum atomic E-state index is -0.370. The smallest absolute Gasteiger partial charge is 0.137 e. The Morgan fingerprint density at radius 3 is 2.50 bits per heavy atom. The molecule has 0 heterocycles. The topological polar surface area (TPSA) is 43.1 Å². The Labute approximate surface area is 85.3 Å². The highest BCUT2D eigenvalue weighted by molar-refractivity contribution is 14.1. The number of hydrogen-bond acceptors (Lipinski definition) is 2. The van der Waals surface area contributed by atoms with Gasteiger partial charge in [-0.1, -0.05) is 12.1 Å². The molecular formula is C9H10INO. The number of carbonyl (C=O) groups excluding carboxylic acids is 1. The summed E-state index contributed by atoms with van der Waals surface area (Å²) in [6.07, 6.45) is 1.40. The Bertz CT molecular complexity index is 258. The van der Waals surface area contributed by atoms with Gasteiger partial charge in [0.2, 0.25) is 0 Å². The molecule has 0 aliphatic heterocycles. The summed E-state index contributed by atoms with van der Waals surface area (Å²) in [5.41, 5.74) is 6.58. The fourth-order valence-corrected chi connectivity index (χ4v) is 1.30. The van der Waals surface area contributed by atoms with Crippen molar-refractivity contribution in [1.29, 1.82) is 0 Å². The van der Waals surface area contributed by atoms with Crippen LogP contribution in [0.5, 0.6) is 0 Å². The zero-order chi connectivity index (χ0) is 8.97. The van der Waals surface area contributed by atoms with Crippen LogP contribution in [0.15, 0.2) is 24.3 Å². The average molecular weight is 275 g/mol. The summed E-state index contributed by atoms with van der Waals surface area (Å²) in [7, 11) is 0. The molecule has 0 aromatic heterocycles. The monoisotopic (exact) mass is 275 g/mol. The molecule has 1 rings (SSSR count). The molecule has 12 heavy (non-hydrogen) atoms. The molecule has 2 nitrogen and oxygen atoms in total. The predicted molar refractivity (Wildman–Crippen MR) is 56.9 cm³/mol. The Balaban J connectivity index is 2.64. The highest BCUT2D eigenvalue weighted by Crippen LogP contribution is 2.07. The van der Waals surface area contributed by atoms with Crippen molar-refractivity contribution < 1.29 is 4.79 Å². The zero-order valence-corrected chi connectivity index (χ0v) is 8.69. The number of rotatable bonds is 3. The van der Waals surface area contributed by atoms with Gasteiger partial charge in [-0.25, -0.2) is 0 Å². The molecule has 0 radical (unpaired) electrons. The lowest BCUT2D eigenvalue weighted by molar-refractivity contribution is -0.108. The van der Waals surface area contributed by atoms with E-state index in [-0.39, 0.29) is 6.04 Å². The third-order valence-electron chi connectivity index (χ3n) is 1.56. The predicted octanol–water partition coefficient (Wildman–Crippen LogP) is 1.36. The fourth-order valence-electron chi connectivity index (χ4n) is 0.941. The Morgan fingerprint density at radius 1 is 1.42 bits per heavy atom. The van der Waals surface area contributed by atoms with E-state index in [1.807, 2.05) is 24.3 Å². The molecule has 0 aliphatic rings. The highest BCUT2D eigenvalue weighted by atomic mass is 127. The molecular weight excluding hydrogens is 265 g/mol. The van der Waals surface area contributed by atoms with Gasteiger partial charge in [-0.15, -0.1) is 0 Å². The number of halogens is 1. The van der Waals surface area contributed by atoms with Gasteiger partial charge in [0.05, 0.1) is 6.04 Å². The van der Waals surface area contributed by atoms with Gasteiger partial charge in [0.25, 0.3) is 0 Å². The van der Waals surface area contributed by atoms with E-state index >= 15 is 0 Å². The van der Waals surface area contributed by atoms with Crippen molar-refractivity contribution in [3.05, 3.63) is 33.4 Å². The largest absolute Gasteiger partial charge is 0.321 e. The zero-order valence-electron chi connectivity index (χ0n) is 6.53. The molecule has 0 amide bonds. The van der Waals surface area contributed by atoms with Gasteiger partial charge in [-0.3, -0.25) is 0 Å². The van der Waals surface area contributed by atoms with E-state index in [0.717, 1.165) is 11.8 Å². The maximum Gasteiger partial charge on any atom is 0.137 e. The van der Waals surface area contributed by atoms with Gasteiger partial charge in [0.1, 0.15) is 6.29 Å². The summed E-state index contributed by atoms with van der Waals surface area (Å²) in [6.45, 7) is 0. The van der Waals surface area contributed by atoms with Crippen LogP contribution < -0.4 is 5.73 Å². The SMILES string of the molecule is N[C@H](C=O)Cc1ccc(I)cc1. The van der Waals surface area contributed by atoms with Gasteiger partial charge >= 0.3 is 0 Å². The quantitative estimate of drug-likeness (QED) is 0.668. The van der Waals surface area contributed by atoms with Gasteiger partial charge in [0.15, 0.2) is 0 Å². The summed E-state index contributed by atoms with van der Waals surface area (Å²) >= 11 is 2.24. The van der Waals surface area contributed by atoms with E-state index in [9.17, 15) is 4.79 Å². The van der Waals surface area contributed by atoms with E-state index in [4.69, 9.17) is 5.73 Å². The van der Waals surface area contributed by atoms with Crippen LogP contribution in [0.25, 0.3) is 0 Å². The first-order valence-corrected chi connectivity index (χ1v) is 4.75. The molecule has 0 fully saturated rings. The van der Waals surface area contributed by atoms with Crippen LogP contribution in [0.3, 0.4) is 0 Å². The first-order chi connectivity index (χ1) is 5.72. The number of hydrogen-bond donors (Lipinski definition) is 1. The second-order valence-electron chi connectivity index (χ2n) is 2.63. The van der Waals surface area contributed by atoms with E-state index in [0.29, 0.717) is 6.42 Å². The lowest BCUT2D eigenvalue weighted by Gasteiger charge is -2.03. The number of benzene rings is 1. The lowest BCUT2D eigenvalue weighted by atomic mass is 10.1. The molecule has 0 saturated heterocycles. The van der Waals surface area contributed by atoms with Gasteiger partial charge in [-0.2, -0.15) is 0 Å². The molecule has 2 N–H and O–H groups in total. The second-order valence-corrected chi connectivity index (χ2v) is 3.88. The maximum absolute atomic E-state index is 10.2. The second kappa shape index (κ2) is 4.57. The molecule has 1 aromatic rings. The van der Waals surface area contributed by atoms with Gasteiger partial charge in [0, 0.05) is 3.57 Å². The summed E-state index contributed by atoms with van der Waals surface area (Å²) in [6, 6.07) is 7.63. The van der Waals surface area contributed by atoms with E-state index in [1.54, 1.807) is 0 Å². The average Bonchev–Trinajstić information content (AvgIpc) is 2.09. The molecule has 0 bridgehead atoms. The van der Waals surface area contributed by atoms with Crippen molar-refractivity contribution in [3.8, 4) is 0 Å². The molecule has 0 saturated carbocycles. The molecule has 1 atom stereocenters. The van der Waals surface area contributed by atoms with Crippen molar-refractivity contribution in [2.75, 3.05) is 0 Å². The molecule has 0 unspecified atom stereocenters. The number of carbonyl (C=O) groups is 1. The lowest BCUT2D eigenvalue weighted by Crippen LogP contribution is -2.23. The van der Waals surface area contributed by atoms with Crippen LogP contribution in [-0.4, -0.2) is 12.3 Å². The first kappa shape index (κ1) is 9.67. The molecule has 64 valence electrons. The van der Waals surface area contributed by atoms with Crippen LogP contribution in [0, 0.1) is 3.57 Å². The van der Waals surface area contributed by atoms with Gasteiger partial charge < -0.3 is 10.5 Å². The maximum atomic E-state index is 10.2. The van der Waals surface area contributed by atoms with Crippen LogP contribution in [0.1, 0.15) is 5.56 Å². The standard InChI is InChI=1S/C9H10INO/c10-8-3-1-7(2-4-8)5-9(11)6-12/h1-4,6,9H,5,11H2/t9-/m0/s1. The third kappa shape index (κ3) is 2.91. The minimum Gasteiger partial charge on any atom is -0.321 e. The van der Waals surface area contributed by atoms with Crippen LogP contribution in [-0.2, 0) is 11.2 Å². The first-order valence-electron chi connectivity index (χ1n) is 3.67. The van der Waals surface area contributed by atoms with Crippen LogP contribution in [0.4, 0.5) is 0 Å². The van der Waals surface area contributed by atoms with Crippen LogP contribution in [0.2, 0.25) is 0 Å². The summed E-state index contributed by atoms with van der Waals surface area (Å²) in [5.74, 6) is 0. The molecule has 0 aliphatic carbocycles. The van der Waals surface area contributed by atoms with E-state index < -0.39 is 0 Å². The van der Waals surface area contributed by atoms with E-state index in [2.05, 4.69) is 22.6 Å². The Morgan fingerprint density at radius 2 is 2.00 bits per heavy atom. The Hall–Kier alpha value is -0.420.